The maximum atomic E-state index is 13.2. The summed E-state index contributed by atoms with van der Waals surface area (Å²) in [6.45, 7) is 0.357. The van der Waals surface area contributed by atoms with Crippen LogP contribution in [0.5, 0.6) is 5.88 Å². The first-order valence-corrected chi connectivity index (χ1v) is 12.7. The van der Waals surface area contributed by atoms with Gasteiger partial charge in [0.25, 0.3) is 11.1 Å². The van der Waals surface area contributed by atoms with Crippen LogP contribution in [-0.4, -0.2) is 54.8 Å². The summed E-state index contributed by atoms with van der Waals surface area (Å²) in [5.74, 6) is -0.969. The van der Waals surface area contributed by atoms with E-state index in [4.69, 9.17) is 15.6 Å². The number of nitrogens with zero attached hydrogens (tertiary/aromatic N) is 3. The number of carboxylic acid groups (broad SMARTS) is 1. The van der Waals surface area contributed by atoms with Gasteiger partial charge >= 0.3 is 5.97 Å². The van der Waals surface area contributed by atoms with Crippen LogP contribution in [0, 0.1) is 5.92 Å². The van der Waals surface area contributed by atoms with E-state index in [9.17, 15) is 18.0 Å². The molecule has 1 aromatic heterocycles. The number of nitrogens with two attached hydrogens (primary N) is 1. The molecule has 33 heavy (non-hydrogen) atoms. The summed E-state index contributed by atoms with van der Waals surface area (Å²) in [5.41, 5.74) is 7.69. The Labute approximate surface area is 191 Å². The highest BCUT2D eigenvalue weighted by molar-refractivity contribution is 7.90. The Bertz CT molecular complexity index is 1170. The average molecular weight is 475 g/mol. The fourth-order valence-electron chi connectivity index (χ4n) is 4.50. The molecule has 11 heteroatoms. The molecule has 1 aliphatic heterocycles. The van der Waals surface area contributed by atoms with Crippen molar-refractivity contribution < 1.29 is 27.9 Å². The van der Waals surface area contributed by atoms with E-state index in [2.05, 4.69) is 9.97 Å². The van der Waals surface area contributed by atoms with Gasteiger partial charge < -0.3 is 20.5 Å². The van der Waals surface area contributed by atoms with Crippen LogP contribution >= 0.6 is 0 Å². The molecule has 0 spiro atoms. The van der Waals surface area contributed by atoms with Gasteiger partial charge in [-0.15, -0.1) is 0 Å². The van der Waals surface area contributed by atoms with Gasteiger partial charge in [0.05, 0.1) is 6.54 Å². The summed E-state index contributed by atoms with van der Waals surface area (Å²) >= 11 is 0. The standard InChI is InChI=1S/C22H26N4O6S/c1-33(30,31)22-24-19(23)18-20(25-22)32-11-10-26(21(18)29)16-8-6-15(7-9-16)14-4-2-13(3-5-14)12-17(27)28/h6-9,13-14H,2-5,10-12H2,1H3,(H,27,28)(H2,23,24,25)/t13-,14-. The van der Waals surface area contributed by atoms with Gasteiger partial charge in [0.2, 0.25) is 15.7 Å². The number of fused-ring (bicyclic) bond motifs is 1. The second kappa shape index (κ2) is 8.97. The minimum atomic E-state index is -3.72. The molecule has 0 bridgehead atoms. The summed E-state index contributed by atoms with van der Waals surface area (Å²) in [7, 11) is -3.72. The maximum absolute atomic E-state index is 13.2. The predicted octanol–water partition coefficient (Wildman–Crippen LogP) is 2.25. The Morgan fingerprint density at radius 2 is 1.85 bits per heavy atom. The third kappa shape index (κ3) is 4.92. The molecule has 1 saturated carbocycles. The second-order valence-corrected chi connectivity index (χ2v) is 10.5. The molecule has 1 amide bonds. The van der Waals surface area contributed by atoms with Crippen molar-refractivity contribution in [1.82, 2.24) is 9.97 Å². The van der Waals surface area contributed by atoms with Crippen molar-refractivity contribution in [3.8, 4) is 5.88 Å². The summed E-state index contributed by atoms with van der Waals surface area (Å²) in [5, 5.41) is 8.50. The first kappa shape index (κ1) is 23.0. The SMILES string of the molecule is CS(=O)(=O)c1nc(N)c2c(n1)OCCN(c1ccc([C@H]3CC[C@H](CC(=O)O)CC3)cc1)C2=O. The number of carbonyl (C=O) groups is 2. The summed E-state index contributed by atoms with van der Waals surface area (Å²) in [6.07, 6.45) is 4.86. The van der Waals surface area contributed by atoms with E-state index in [1.807, 2.05) is 24.3 Å². The number of hydrogen-bond acceptors (Lipinski definition) is 8. The zero-order valence-corrected chi connectivity index (χ0v) is 19.0. The van der Waals surface area contributed by atoms with Gasteiger partial charge in [-0.1, -0.05) is 12.1 Å². The molecular formula is C22H26N4O6S. The minimum Gasteiger partial charge on any atom is -0.481 e. The van der Waals surface area contributed by atoms with E-state index in [1.54, 1.807) is 0 Å². The quantitative estimate of drug-likeness (QED) is 0.621. The maximum Gasteiger partial charge on any atom is 0.303 e. The number of aliphatic carboxylic acids is 1. The first-order valence-electron chi connectivity index (χ1n) is 10.8. The van der Waals surface area contributed by atoms with Crippen molar-refractivity contribution >= 4 is 33.2 Å². The lowest BCUT2D eigenvalue weighted by atomic mass is 9.77. The summed E-state index contributed by atoms with van der Waals surface area (Å²) in [6, 6.07) is 7.71. The number of hydrogen-bond donors (Lipinski definition) is 2. The lowest BCUT2D eigenvalue weighted by Gasteiger charge is -2.28. The van der Waals surface area contributed by atoms with Crippen molar-refractivity contribution in [2.45, 2.75) is 43.2 Å². The van der Waals surface area contributed by atoms with Crippen LogP contribution in [0.25, 0.3) is 0 Å². The lowest BCUT2D eigenvalue weighted by Crippen LogP contribution is -2.32. The van der Waals surface area contributed by atoms with E-state index >= 15 is 0 Å². The molecule has 0 saturated heterocycles. The predicted molar refractivity (Wildman–Crippen MR) is 120 cm³/mol. The molecule has 3 N–H and O–H groups in total. The molecule has 1 aromatic carbocycles. The first-order chi connectivity index (χ1) is 15.6. The molecule has 0 radical (unpaired) electrons. The Morgan fingerprint density at radius 1 is 1.18 bits per heavy atom. The van der Waals surface area contributed by atoms with Gasteiger partial charge in [-0.25, -0.2) is 13.4 Å². The molecule has 176 valence electrons. The number of ether oxygens (including phenoxy) is 1. The van der Waals surface area contributed by atoms with Crippen molar-refractivity contribution in [3.63, 3.8) is 0 Å². The number of aromatic nitrogens is 2. The van der Waals surface area contributed by atoms with Gasteiger partial charge in [0.15, 0.2) is 0 Å². The van der Waals surface area contributed by atoms with Crippen molar-refractivity contribution in [2.75, 3.05) is 30.0 Å². The number of rotatable bonds is 5. The number of nitrogen functional groups attached to an aromatic ring is 1. The van der Waals surface area contributed by atoms with Crippen molar-refractivity contribution in [1.29, 1.82) is 0 Å². The van der Waals surface area contributed by atoms with Crippen LogP contribution in [0.3, 0.4) is 0 Å². The van der Waals surface area contributed by atoms with Crippen LogP contribution in [0.1, 0.15) is 53.9 Å². The van der Waals surface area contributed by atoms with Crippen LogP contribution in [0.4, 0.5) is 11.5 Å². The van der Waals surface area contributed by atoms with Gasteiger partial charge in [-0.2, -0.15) is 4.98 Å². The molecule has 1 aliphatic carbocycles. The minimum absolute atomic E-state index is 0.0549. The van der Waals surface area contributed by atoms with E-state index < -0.39 is 26.9 Å². The molecule has 0 unspecified atom stereocenters. The molecule has 2 aromatic rings. The topological polar surface area (TPSA) is 153 Å². The Morgan fingerprint density at radius 3 is 2.45 bits per heavy atom. The lowest BCUT2D eigenvalue weighted by molar-refractivity contribution is -0.138. The van der Waals surface area contributed by atoms with Gasteiger partial charge in [0, 0.05) is 18.4 Å². The molecule has 2 aliphatic rings. The number of anilines is 2. The number of amides is 1. The zero-order valence-electron chi connectivity index (χ0n) is 18.2. The van der Waals surface area contributed by atoms with Crippen LogP contribution < -0.4 is 15.4 Å². The fraction of sp³-hybridized carbons (Fsp3) is 0.455. The Hall–Kier alpha value is -3.21. The highest BCUT2D eigenvalue weighted by atomic mass is 32.2. The van der Waals surface area contributed by atoms with E-state index in [1.165, 1.54) is 4.90 Å². The molecule has 1 fully saturated rings. The third-order valence-electron chi connectivity index (χ3n) is 6.21. The van der Waals surface area contributed by atoms with E-state index in [-0.39, 0.29) is 42.8 Å². The number of carbonyl (C=O) groups excluding carboxylic acids is 1. The molecule has 10 nitrogen and oxygen atoms in total. The van der Waals surface area contributed by atoms with Crippen LogP contribution in [0.15, 0.2) is 29.4 Å². The molecule has 0 atom stereocenters. The number of benzene rings is 1. The number of sulfone groups is 1. The molecule has 4 rings (SSSR count). The Balaban J connectivity index is 1.52. The molecular weight excluding hydrogens is 448 g/mol. The van der Waals surface area contributed by atoms with E-state index in [0.29, 0.717) is 11.6 Å². The normalized spacial score (nSPS) is 21.1. The summed E-state index contributed by atoms with van der Waals surface area (Å²) < 4.78 is 29.1. The largest absolute Gasteiger partial charge is 0.481 e. The van der Waals surface area contributed by atoms with Gasteiger partial charge in [0.1, 0.15) is 18.0 Å². The highest BCUT2D eigenvalue weighted by Crippen LogP contribution is 2.38. The van der Waals surface area contributed by atoms with Crippen LogP contribution in [0.2, 0.25) is 0 Å². The van der Waals surface area contributed by atoms with Gasteiger partial charge in [-0.3, -0.25) is 9.59 Å². The summed E-state index contributed by atoms with van der Waals surface area (Å²) in [4.78, 5) is 33.4. The monoisotopic (exact) mass is 474 g/mol. The third-order valence-corrected chi connectivity index (χ3v) is 7.06. The highest BCUT2D eigenvalue weighted by Gasteiger charge is 2.31. The van der Waals surface area contributed by atoms with E-state index in [0.717, 1.165) is 37.5 Å². The average Bonchev–Trinajstić information content (AvgIpc) is 2.92. The van der Waals surface area contributed by atoms with Gasteiger partial charge in [-0.05, 0) is 55.2 Å². The number of carboxylic acids is 1. The molecule has 2 heterocycles. The Kier molecular flexibility index (Phi) is 6.24. The van der Waals surface area contributed by atoms with Crippen molar-refractivity contribution in [2.24, 2.45) is 5.92 Å². The fourth-order valence-corrected chi connectivity index (χ4v) is 5.01. The smallest absolute Gasteiger partial charge is 0.303 e. The van der Waals surface area contributed by atoms with Crippen molar-refractivity contribution in [3.05, 3.63) is 35.4 Å². The van der Waals surface area contributed by atoms with Crippen LogP contribution in [-0.2, 0) is 14.6 Å². The zero-order chi connectivity index (χ0) is 23.8. The second-order valence-electron chi connectivity index (χ2n) is 8.56.